The molecule has 0 spiro atoms. The minimum atomic E-state index is 0.235. The molecule has 0 saturated carbocycles. The van der Waals surface area contributed by atoms with Crippen LogP contribution in [0.5, 0.6) is 0 Å². The molecule has 0 unspecified atom stereocenters. The largest absolute Gasteiger partial charge is 0.306 e. The van der Waals surface area contributed by atoms with E-state index in [1.54, 1.807) is 0 Å². The van der Waals surface area contributed by atoms with Crippen molar-refractivity contribution in [2.24, 2.45) is 0 Å². The highest BCUT2D eigenvalue weighted by molar-refractivity contribution is 5.12. The first-order valence-corrected chi connectivity index (χ1v) is 4.27. The molecule has 1 heterocycles. The second-order valence-corrected chi connectivity index (χ2v) is 5.00. The molecule has 1 rings (SSSR count). The summed E-state index contributed by atoms with van der Waals surface area (Å²) in [6.07, 6.45) is 2.22. The average Bonchev–Trinajstić information content (AvgIpc) is 1.49. The second-order valence-electron chi connectivity index (χ2n) is 5.00. The normalized spacial score (nSPS) is 28.5. The molecule has 1 aliphatic heterocycles. The summed E-state index contributed by atoms with van der Waals surface area (Å²) >= 11 is 0. The summed E-state index contributed by atoms with van der Waals surface area (Å²) in [4.78, 5) is 0. The molecule has 1 saturated heterocycles. The summed E-state index contributed by atoms with van der Waals surface area (Å²) < 4.78 is 0. The Morgan fingerprint density at radius 3 is 1.73 bits per heavy atom. The molecule has 0 radical (unpaired) electrons. The van der Waals surface area contributed by atoms with Gasteiger partial charge < -0.3 is 5.32 Å². The Labute approximate surface area is 69.9 Å². The summed E-state index contributed by atoms with van der Waals surface area (Å²) in [6.45, 7) is 13.0. The molecule has 0 bridgehead atoms. The van der Waals surface area contributed by atoms with Crippen LogP contribution in [0.4, 0.5) is 0 Å². The van der Waals surface area contributed by atoms with Crippen molar-refractivity contribution in [3.8, 4) is 0 Å². The van der Waals surface area contributed by atoms with Crippen molar-refractivity contribution >= 4 is 0 Å². The van der Waals surface area contributed by atoms with Crippen LogP contribution in [0, 0.1) is 0 Å². The Bertz CT molecular complexity index is 159. The molecule has 1 fully saturated rings. The molecule has 0 aromatic heterocycles. The highest BCUT2D eigenvalue weighted by Gasteiger charge is 2.33. The van der Waals surface area contributed by atoms with Crippen molar-refractivity contribution in [1.29, 1.82) is 0 Å². The van der Waals surface area contributed by atoms with Crippen LogP contribution in [0.1, 0.15) is 40.5 Å². The molecule has 0 atom stereocenters. The maximum atomic E-state index is 4.07. The number of rotatable bonds is 0. The van der Waals surface area contributed by atoms with Gasteiger partial charge in [0.25, 0.3) is 0 Å². The summed E-state index contributed by atoms with van der Waals surface area (Å²) in [5.41, 5.74) is 1.84. The van der Waals surface area contributed by atoms with E-state index in [1.165, 1.54) is 5.57 Å². The van der Waals surface area contributed by atoms with Crippen LogP contribution in [0.2, 0.25) is 0 Å². The predicted molar refractivity (Wildman–Crippen MR) is 49.7 cm³/mol. The highest BCUT2D eigenvalue weighted by Crippen LogP contribution is 2.30. The van der Waals surface area contributed by atoms with E-state index in [9.17, 15) is 0 Å². The van der Waals surface area contributed by atoms with Crippen molar-refractivity contribution in [2.45, 2.75) is 51.6 Å². The maximum Gasteiger partial charge on any atom is 0.0167 e. The molecule has 11 heavy (non-hydrogen) atoms. The van der Waals surface area contributed by atoms with Gasteiger partial charge in [-0.3, -0.25) is 0 Å². The van der Waals surface area contributed by atoms with Crippen molar-refractivity contribution in [3.63, 3.8) is 0 Å². The van der Waals surface area contributed by atoms with E-state index in [0.29, 0.717) is 0 Å². The van der Waals surface area contributed by atoms with Gasteiger partial charge in [-0.1, -0.05) is 12.2 Å². The third-order valence-electron chi connectivity index (χ3n) is 2.06. The minimum absolute atomic E-state index is 0.235. The topological polar surface area (TPSA) is 12.0 Å². The van der Waals surface area contributed by atoms with Crippen LogP contribution < -0.4 is 5.32 Å². The van der Waals surface area contributed by atoms with Gasteiger partial charge in [-0.2, -0.15) is 0 Å². The van der Waals surface area contributed by atoms with E-state index in [4.69, 9.17) is 0 Å². The molecular formula is C10H19N. The van der Waals surface area contributed by atoms with Gasteiger partial charge >= 0.3 is 0 Å². The smallest absolute Gasteiger partial charge is 0.0167 e. The first kappa shape index (κ1) is 8.79. The predicted octanol–water partition coefficient (Wildman–Crippen LogP) is 2.48. The minimum Gasteiger partial charge on any atom is -0.306 e. The monoisotopic (exact) mass is 153 g/mol. The lowest BCUT2D eigenvalue weighted by Gasteiger charge is -2.43. The summed E-state index contributed by atoms with van der Waals surface area (Å²) in [6, 6.07) is 0. The number of piperidine rings is 1. The summed E-state index contributed by atoms with van der Waals surface area (Å²) in [7, 11) is 0. The van der Waals surface area contributed by atoms with E-state index >= 15 is 0 Å². The molecular weight excluding hydrogens is 134 g/mol. The molecule has 1 aliphatic rings. The molecule has 1 nitrogen and oxygen atoms in total. The third-order valence-corrected chi connectivity index (χ3v) is 2.06. The van der Waals surface area contributed by atoms with Crippen molar-refractivity contribution in [3.05, 3.63) is 12.2 Å². The Morgan fingerprint density at radius 2 is 1.45 bits per heavy atom. The third kappa shape index (κ3) is 2.33. The molecule has 0 aliphatic carbocycles. The van der Waals surface area contributed by atoms with E-state index in [1.807, 2.05) is 0 Å². The van der Waals surface area contributed by atoms with Crippen LogP contribution in [0.15, 0.2) is 12.2 Å². The molecule has 64 valence electrons. The molecule has 1 N–H and O–H groups in total. The fourth-order valence-corrected chi connectivity index (χ4v) is 2.32. The first-order chi connectivity index (χ1) is 4.81. The first-order valence-electron chi connectivity index (χ1n) is 4.27. The lowest BCUT2D eigenvalue weighted by Crippen LogP contribution is -2.55. The lowest BCUT2D eigenvalue weighted by atomic mass is 9.80. The Balaban J connectivity index is 2.74. The quantitative estimate of drug-likeness (QED) is 0.527. The van der Waals surface area contributed by atoms with Gasteiger partial charge in [0, 0.05) is 11.1 Å². The average molecular weight is 153 g/mol. The van der Waals surface area contributed by atoms with E-state index in [-0.39, 0.29) is 11.1 Å². The van der Waals surface area contributed by atoms with Crippen LogP contribution in [0.25, 0.3) is 0 Å². The fourth-order valence-electron chi connectivity index (χ4n) is 2.32. The number of hydrogen-bond donors (Lipinski definition) is 1. The van der Waals surface area contributed by atoms with E-state index in [0.717, 1.165) is 12.8 Å². The van der Waals surface area contributed by atoms with Crippen LogP contribution in [0.3, 0.4) is 0 Å². The molecule has 1 heteroatoms. The SMILES string of the molecule is C=C1CC(C)(C)NC(C)(C)C1. The van der Waals surface area contributed by atoms with Crippen LogP contribution in [-0.4, -0.2) is 11.1 Å². The molecule has 0 aromatic rings. The van der Waals surface area contributed by atoms with Crippen molar-refractivity contribution in [2.75, 3.05) is 0 Å². The van der Waals surface area contributed by atoms with E-state index < -0.39 is 0 Å². The lowest BCUT2D eigenvalue weighted by molar-refractivity contribution is 0.223. The van der Waals surface area contributed by atoms with Crippen molar-refractivity contribution < 1.29 is 0 Å². The number of hydrogen-bond acceptors (Lipinski definition) is 1. The van der Waals surface area contributed by atoms with Crippen molar-refractivity contribution in [1.82, 2.24) is 5.32 Å². The molecule has 0 amide bonds. The van der Waals surface area contributed by atoms with Gasteiger partial charge in [0.05, 0.1) is 0 Å². The van der Waals surface area contributed by atoms with Crippen LogP contribution in [-0.2, 0) is 0 Å². The zero-order valence-corrected chi connectivity index (χ0v) is 8.12. The summed E-state index contributed by atoms with van der Waals surface area (Å²) in [5.74, 6) is 0. The maximum absolute atomic E-state index is 4.07. The zero-order valence-electron chi connectivity index (χ0n) is 8.12. The fraction of sp³-hybridized carbons (Fsp3) is 0.800. The van der Waals surface area contributed by atoms with Crippen LogP contribution >= 0.6 is 0 Å². The zero-order chi connectivity index (χ0) is 8.70. The molecule has 0 aromatic carbocycles. The van der Waals surface area contributed by atoms with Gasteiger partial charge in [0.2, 0.25) is 0 Å². The van der Waals surface area contributed by atoms with Gasteiger partial charge in [-0.15, -0.1) is 0 Å². The second kappa shape index (κ2) is 2.34. The van der Waals surface area contributed by atoms with Gasteiger partial charge in [0.15, 0.2) is 0 Å². The summed E-state index contributed by atoms with van der Waals surface area (Å²) in [5, 5.41) is 3.60. The Kier molecular flexibility index (Phi) is 1.87. The Morgan fingerprint density at radius 1 is 1.09 bits per heavy atom. The highest BCUT2D eigenvalue weighted by atomic mass is 15.0. The van der Waals surface area contributed by atoms with Gasteiger partial charge in [0.1, 0.15) is 0 Å². The number of nitrogens with one attached hydrogen (secondary N) is 1. The Hall–Kier alpha value is -0.300. The van der Waals surface area contributed by atoms with Gasteiger partial charge in [-0.05, 0) is 40.5 Å². The van der Waals surface area contributed by atoms with Gasteiger partial charge in [-0.25, -0.2) is 0 Å². The van der Waals surface area contributed by atoms with E-state index in [2.05, 4.69) is 39.6 Å². The standard InChI is InChI=1S/C10H19N/c1-8-6-9(2,3)11-10(4,5)7-8/h11H,1,6-7H2,2-5H3.